The van der Waals surface area contributed by atoms with Crippen molar-refractivity contribution < 1.29 is 9.21 Å². The topological polar surface area (TPSA) is 71.3 Å². The van der Waals surface area contributed by atoms with Gasteiger partial charge in [0.1, 0.15) is 6.26 Å². The molecule has 1 aliphatic rings. The Morgan fingerprint density at radius 1 is 1.53 bits per heavy atom. The lowest BCUT2D eigenvalue weighted by Gasteiger charge is -2.30. The minimum absolute atomic E-state index is 0.128. The van der Waals surface area contributed by atoms with Crippen LogP contribution in [-0.2, 0) is 0 Å². The number of piperidine rings is 1. The molecule has 2 atom stereocenters. The largest absolute Gasteiger partial charge is 0.430 e. The summed E-state index contributed by atoms with van der Waals surface area (Å²) in [7, 11) is 0. The lowest BCUT2D eigenvalue weighted by Crippen LogP contribution is -2.51. The maximum atomic E-state index is 11.9. The second-order valence-corrected chi connectivity index (χ2v) is 4.31. The van der Waals surface area contributed by atoms with Crippen molar-refractivity contribution in [1.29, 1.82) is 0 Å². The highest BCUT2D eigenvalue weighted by molar-refractivity contribution is 5.93. The smallest absolute Gasteiger partial charge is 0.335 e. The molecule has 1 saturated heterocycles. The molecule has 5 nitrogen and oxygen atoms in total. The van der Waals surface area contributed by atoms with E-state index in [4.69, 9.17) is 0 Å². The van der Waals surface area contributed by atoms with Crippen molar-refractivity contribution >= 4 is 5.91 Å². The zero-order chi connectivity index (χ0) is 12.3. The molecule has 1 aromatic rings. The molecule has 0 saturated carbocycles. The van der Waals surface area contributed by atoms with Crippen LogP contribution in [0, 0.1) is 0 Å². The first-order valence-electron chi connectivity index (χ1n) is 5.80. The van der Waals surface area contributed by atoms with Crippen LogP contribution >= 0.6 is 0 Å². The van der Waals surface area contributed by atoms with Crippen LogP contribution in [0.4, 0.5) is 0 Å². The van der Waals surface area contributed by atoms with E-state index in [1.807, 2.05) is 0 Å². The molecule has 1 aliphatic heterocycles. The summed E-state index contributed by atoms with van der Waals surface area (Å²) in [4.78, 5) is 22.6. The maximum Gasteiger partial charge on any atom is 0.335 e. The molecule has 0 bridgehead atoms. The number of hydrogen-bond acceptors (Lipinski definition) is 4. The molecule has 0 radical (unpaired) electrons. The Kier molecular flexibility index (Phi) is 3.58. The van der Waals surface area contributed by atoms with E-state index in [1.54, 1.807) is 0 Å². The van der Waals surface area contributed by atoms with Crippen molar-refractivity contribution in [3.05, 3.63) is 34.4 Å². The second kappa shape index (κ2) is 5.14. The van der Waals surface area contributed by atoms with Gasteiger partial charge in [-0.05, 0) is 32.4 Å². The fourth-order valence-electron chi connectivity index (χ4n) is 1.98. The van der Waals surface area contributed by atoms with Crippen LogP contribution in [0.25, 0.3) is 0 Å². The Bertz CT molecular complexity index is 435. The zero-order valence-electron chi connectivity index (χ0n) is 9.73. The number of carbonyl (C=O) groups is 1. The molecular formula is C12H16N2O3. The van der Waals surface area contributed by atoms with E-state index in [9.17, 15) is 9.59 Å². The predicted octanol–water partition coefficient (Wildman–Crippen LogP) is 0.510. The third-order valence-electron chi connectivity index (χ3n) is 3.04. The van der Waals surface area contributed by atoms with Crippen LogP contribution in [0.3, 0.4) is 0 Å². The highest BCUT2D eigenvalue weighted by atomic mass is 16.4. The average Bonchev–Trinajstić information content (AvgIpc) is 2.33. The van der Waals surface area contributed by atoms with Gasteiger partial charge >= 0.3 is 5.63 Å². The van der Waals surface area contributed by atoms with Crippen LogP contribution in [0.5, 0.6) is 0 Å². The van der Waals surface area contributed by atoms with Gasteiger partial charge in [-0.3, -0.25) is 4.79 Å². The molecule has 2 heterocycles. The van der Waals surface area contributed by atoms with Gasteiger partial charge < -0.3 is 15.1 Å². The Morgan fingerprint density at radius 3 is 3.00 bits per heavy atom. The first kappa shape index (κ1) is 11.9. The fraction of sp³-hybridized carbons (Fsp3) is 0.500. The van der Waals surface area contributed by atoms with Gasteiger partial charge in [0, 0.05) is 18.2 Å². The van der Waals surface area contributed by atoms with Gasteiger partial charge in [-0.15, -0.1) is 0 Å². The molecule has 2 N–H and O–H groups in total. The van der Waals surface area contributed by atoms with E-state index in [2.05, 4.69) is 22.0 Å². The standard InChI is InChI=1S/C12H16N2O3/c1-8-10(3-2-6-13-8)14-12(16)9-4-5-11(15)17-7-9/h4-5,7-8,10,13H,2-3,6H2,1H3,(H,14,16). The Hall–Kier alpha value is -1.62. The summed E-state index contributed by atoms with van der Waals surface area (Å²) in [6.45, 7) is 3.04. The second-order valence-electron chi connectivity index (χ2n) is 4.31. The molecule has 17 heavy (non-hydrogen) atoms. The van der Waals surface area contributed by atoms with Gasteiger partial charge in [-0.2, -0.15) is 0 Å². The summed E-state index contributed by atoms with van der Waals surface area (Å²) in [5.41, 5.74) is -0.0726. The first-order valence-corrected chi connectivity index (χ1v) is 5.80. The van der Waals surface area contributed by atoms with E-state index in [0.717, 1.165) is 19.4 Å². The van der Waals surface area contributed by atoms with Gasteiger partial charge in [-0.1, -0.05) is 0 Å². The van der Waals surface area contributed by atoms with E-state index in [1.165, 1.54) is 18.4 Å². The van der Waals surface area contributed by atoms with E-state index in [-0.39, 0.29) is 18.0 Å². The third kappa shape index (κ3) is 2.94. The Balaban J connectivity index is 2.01. The minimum atomic E-state index is -0.450. The molecule has 1 fully saturated rings. The summed E-state index contributed by atoms with van der Waals surface area (Å²) in [5, 5.41) is 6.25. The fourth-order valence-corrected chi connectivity index (χ4v) is 1.98. The van der Waals surface area contributed by atoms with Gasteiger partial charge in [0.2, 0.25) is 0 Å². The molecule has 2 unspecified atom stereocenters. The van der Waals surface area contributed by atoms with Gasteiger partial charge in [0.15, 0.2) is 0 Å². The molecule has 0 aliphatic carbocycles. The quantitative estimate of drug-likeness (QED) is 0.785. The maximum absolute atomic E-state index is 11.9. The van der Waals surface area contributed by atoms with Crippen LogP contribution in [0.2, 0.25) is 0 Å². The number of hydrogen-bond donors (Lipinski definition) is 2. The summed E-state index contributed by atoms with van der Waals surface area (Å²) in [6.07, 6.45) is 3.22. The van der Waals surface area contributed by atoms with Crippen molar-refractivity contribution in [3.8, 4) is 0 Å². The first-order chi connectivity index (χ1) is 8.16. The monoisotopic (exact) mass is 236 g/mol. The van der Waals surface area contributed by atoms with E-state index >= 15 is 0 Å². The van der Waals surface area contributed by atoms with Crippen LogP contribution in [0.15, 0.2) is 27.6 Å². The average molecular weight is 236 g/mol. The Morgan fingerprint density at radius 2 is 2.35 bits per heavy atom. The minimum Gasteiger partial charge on any atom is -0.430 e. The summed E-state index contributed by atoms with van der Waals surface area (Å²) < 4.78 is 4.66. The van der Waals surface area contributed by atoms with Crippen LogP contribution in [-0.4, -0.2) is 24.5 Å². The number of rotatable bonds is 2. The molecule has 1 aromatic heterocycles. The molecular weight excluding hydrogens is 220 g/mol. The van der Waals surface area contributed by atoms with Crippen LogP contribution < -0.4 is 16.3 Å². The Labute approximate surface area is 99.2 Å². The zero-order valence-corrected chi connectivity index (χ0v) is 9.73. The lowest BCUT2D eigenvalue weighted by molar-refractivity contribution is 0.0917. The SMILES string of the molecule is CC1NCCCC1NC(=O)c1ccc(=O)oc1. The van der Waals surface area contributed by atoms with Crippen molar-refractivity contribution in [2.24, 2.45) is 0 Å². The summed E-state index contributed by atoms with van der Waals surface area (Å²) in [6, 6.07) is 3.12. The number of carbonyl (C=O) groups excluding carboxylic acids is 1. The van der Waals surface area contributed by atoms with Gasteiger partial charge in [0.25, 0.3) is 5.91 Å². The molecule has 92 valence electrons. The molecule has 1 amide bonds. The van der Waals surface area contributed by atoms with Crippen LogP contribution in [0.1, 0.15) is 30.1 Å². The van der Waals surface area contributed by atoms with Crippen molar-refractivity contribution in [3.63, 3.8) is 0 Å². The van der Waals surface area contributed by atoms with E-state index in [0.29, 0.717) is 5.56 Å². The molecule has 5 heteroatoms. The summed E-state index contributed by atoms with van der Waals surface area (Å²) in [5.74, 6) is -0.200. The van der Waals surface area contributed by atoms with Crippen molar-refractivity contribution in [2.75, 3.05) is 6.54 Å². The third-order valence-corrected chi connectivity index (χ3v) is 3.04. The van der Waals surface area contributed by atoms with Gasteiger partial charge in [-0.25, -0.2) is 4.79 Å². The molecule has 0 spiro atoms. The van der Waals surface area contributed by atoms with Crippen molar-refractivity contribution in [1.82, 2.24) is 10.6 Å². The molecule has 2 rings (SSSR count). The lowest BCUT2D eigenvalue weighted by atomic mass is 9.99. The highest BCUT2D eigenvalue weighted by Gasteiger charge is 2.22. The van der Waals surface area contributed by atoms with Crippen molar-refractivity contribution in [2.45, 2.75) is 31.8 Å². The highest BCUT2D eigenvalue weighted by Crippen LogP contribution is 2.09. The van der Waals surface area contributed by atoms with E-state index < -0.39 is 5.63 Å². The number of amides is 1. The number of nitrogens with one attached hydrogen (secondary N) is 2. The predicted molar refractivity (Wildman–Crippen MR) is 62.9 cm³/mol. The molecule has 0 aromatic carbocycles. The normalized spacial score (nSPS) is 24.3. The van der Waals surface area contributed by atoms with Gasteiger partial charge in [0.05, 0.1) is 5.56 Å². The summed E-state index contributed by atoms with van der Waals surface area (Å²) >= 11 is 0.